The van der Waals surface area contributed by atoms with Crippen molar-refractivity contribution < 1.29 is 18.9 Å². The number of ether oxygens (including phenoxy) is 4. The van der Waals surface area contributed by atoms with Gasteiger partial charge in [0, 0.05) is 22.1 Å². The molecular formula is C39H35BrO4. The Labute approximate surface area is 267 Å². The predicted octanol–water partition coefficient (Wildman–Crippen LogP) is 10.1. The average molecular weight is 648 g/mol. The minimum atomic E-state index is -0.869. The predicted molar refractivity (Wildman–Crippen MR) is 181 cm³/mol. The maximum absolute atomic E-state index is 7.37. The summed E-state index contributed by atoms with van der Waals surface area (Å²) in [5.41, 5.74) is 7.47. The van der Waals surface area contributed by atoms with Crippen molar-refractivity contribution in [2.24, 2.45) is 0 Å². The summed E-state index contributed by atoms with van der Waals surface area (Å²) in [6.07, 6.45) is 7.26. The van der Waals surface area contributed by atoms with Gasteiger partial charge in [-0.15, -0.1) is 0 Å². The second kappa shape index (κ2) is 11.7. The molecule has 0 atom stereocenters. The van der Waals surface area contributed by atoms with E-state index in [1.807, 2.05) is 24.3 Å². The summed E-state index contributed by atoms with van der Waals surface area (Å²) in [4.78, 5) is 0. The molecule has 0 saturated heterocycles. The Balaban J connectivity index is 1.44. The monoisotopic (exact) mass is 646 g/mol. The fraction of sp³-hybridized carbons (Fsp3) is 0.231. The van der Waals surface area contributed by atoms with E-state index in [1.165, 1.54) is 22.3 Å². The zero-order valence-corrected chi connectivity index (χ0v) is 26.9. The van der Waals surface area contributed by atoms with Crippen molar-refractivity contribution in [1.29, 1.82) is 0 Å². The molecule has 0 aromatic heterocycles. The summed E-state index contributed by atoms with van der Waals surface area (Å²) in [7, 11) is 1.70. The van der Waals surface area contributed by atoms with Gasteiger partial charge in [-0.1, -0.05) is 68.5 Å². The highest BCUT2D eigenvalue weighted by molar-refractivity contribution is 9.10. The molecular weight excluding hydrogens is 612 g/mol. The van der Waals surface area contributed by atoms with Gasteiger partial charge in [-0.2, -0.15) is 0 Å². The molecule has 44 heavy (non-hydrogen) atoms. The lowest BCUT2D eigenvalue weighted by Crippen LogP contribution is -2.34. The lowest BCUT2D eigenvalue weighted by Gasteiger charge is -2.37. The molecule has 5 aromatic carbocycles. The first-order valence-corrected chi connectivity index (χ1v) is 16.1. The molecule has 0 bridgehead atoms. The van der Waals surface area contributed by atoms with Gasteiger partial charge in [-0.05, 0) is 105 Å². The van der Waals surface area contributed by atoms with E-state index >= 15 is 0 Å². The van der Waals surface area contributed by atoms with Crippen molar-refractivity contribution in [1.82, 2.24) is 0 Å². The van der Waals surface area contributed by atoms with Crippen LogP contribution in [0.4, 0.5) is 0 Å². The number of hydrogen-bond acceptors (Lipinski definition) is 4. The molecule has 0 fully saturated rings. The standard InChI is InChI=1S/C39H35BrO4/c1-4-20-42-28-14-10-26(11-15-28)39(27-12-16-29(17-13-27)43-21-5-2)19-18-31-32-22-25-8-6-7-9-30(25)37(32)33-23-35(40)36(41-3)24-34(33)38(31)44-39/h6-19,23-24H,4-5,20-22H2,1-3H3. The summed E-state index contributed by atoms with van der Waals surface area (Å²) in [6.45, 7) is 5.60. The molecule has 0 unspecified atom stereocenters. The van der Waals surface area contributed by atoms with Crippen LogP contribution in [0.25, 0.3) is 28.0 Å². The minimum absolute atomic E-state index is 0.685. The second-order valence-corrected chi connectivity index (χ2v) is 12.2. The van der Waals surface area contributed by atoms with Crippen LogP contribution in [0, 0.1) is 0 Å². The highest BCUT2D eigenvalue weighted by Gasteiger charge is 2.40. The summed E-state index contributed by atoms with van der Waals surface area (Å²) in [5, 5.41) is 2.17. The number of fused-ring (bicyclic) bond motifs is 8. The lowest BCUT2D eigenvalue weighted by molar-refractivity contribution is 0.163. The van der Waals surface area contributed by atoms with Gasteiger partial charge in [0.15, 0.2) is 5.60 Å². The average Bonchev–Trinajstić information content (AvgIpc) is 3.46. The Morgan fingerprint density at radius 1 is 0.795 bits per heavy atom. The Bertz CT molecular complexity index is 1820. The van der Waals surface area contributed by atoms with E-state index < -0.39 is 5.60 Å². The third-order valence-corrected chi connectivity index (χ3v) is 9.21. The Morgan fingerprint density at radius 3 is 2.05 bits per heavy atom. The molecule has 2 aliphatic rings. The van der Waals surface area contributed by atoms with Crippen LogP contribution in [0.1, 0.15) is 54.5 Å². The van der Waals surface area contributed by atoms with Gasteiger partial charge in [-0.25, -0.2) is 0 Å². The number of methoxy groups -OCH3 is 1. The molecule has 0 amide bonds. The number of hydrogen-bond donors (Lipinski definition) is 0. The largest absolute Gasteiger partial charge is 0.496 e. The molecule has 4 nitrogen and oxygen atoms in total. The van der Waals surface area contributed by atoms with E-state index in [-0.39, 0.29) is 0 Å². The third kappa shape index (κ3) is 4.75. The van der Waals surface area contributed by atoms with Gasteiger partial charge in [0.1, 0.15) is 23.0 Å². The van der Waals surface area contributed by atoms with E-state index in [0.717, 1.165) is 74.2 Å². The number of halogens is 1. The van der Waals surface area contributed by atoms with Crippen LogP contribution in [0.5, 0.6) is 23.0 Å². The van der Waals surface area contributed by atoms with Crippen molar-refractivity contribution in [3.8, 4) is 34.1 Å². The molecule has 222 valence electrons. The van der Waals surface area contributed by atoms with Crippen LogP contribution in [-0.2, 0) is 12.0 Å². The SMILES string of the molecule is CCCOc1ccc(C2(c3ccc(OCCC)cc3)C=Cc3c4c(c5cc(Br)c(OC)cc5c3O2)-c2ccccc2C4)cc1. The Morgan fingerprint density at radius 2 is 1.43 bits per heavy atom. The molecule has 0 radical (unpaired) electrons. The Hall–Kier alpha value is -4.22. The molecule has 1 aliphatic heterocycles. The molecule has 0 saturated carbocycles. The summed E-state index contributed by atoms with van der Waals surface area (Å²) >= 11 is 3.76. The van der Waals surface area contributed by atoms with Crippen molar-refractivity contribution in [2.75, 3.05) is 20.3 Å². The van der Waals surface area contributed by atoms with Crippen LogP contribution in [-0.4, -0.2) is 20.3 Å². The first-order chi connectivity index (χ1) is 21.6. The normalized spacial score (nSPS) is 14.0. The van der Waals surface area contributed by atoms with E-state index in [4.69, 9.17) is 18.9 Å². The van der Waals surface area contributed by atoms with Gasteiger partial charge in [0.2, 0.25) is 0 Å². The van der Waals surface area contributed by atoms with E-state index in [2.05, 4.69) is 103 Å². The second-order valence-electron chi connectivity index (χ2n) is 11.4. The highest BCUT2D eigenvalue weighted by atomic mass is 79.9. The summed E-state index contributed by atoms with van der Waals surface area (Å²) in [6, 6.07) is 29.6. The first kappa shape index (κ1) is 28.5. The minimum Gasteiger partial charge on any atom is -0.496 e. The van der Waals surface area contributed by atoms with E-state index in [1.54, 1.807) is 7.11 Å². The summed E-state index contributed by atoms with van der Waals surface area (Å²) in [5.74, 6) is 3.33. The molecule has 1 heterocycles. The van der Waals surface area contributed by atoms with Gasteiger partial charge < -0.3 is 18.9 Å². The molecule has 0 N–H and O–H groups in total. The molecule has 5 aromatic rings. The third-order valence-electron chi connectivity index (χ3n) is 8.59. The highest BCUT2D eigenvalue weighted by Crippen LogP contribution is 2.54. The number of benzene rings is 5. The maximum Gasteiger partial charge on any atom is 0.178 e. The Kier molecular flexibility index (Phi) is 7.59. The van der Waals surface area contributed by atoms with Crippen LogP contribution < -0.4 is 18.9 Å². The maximum atomic E-state index is 7.37. The van der Waals surface area contributed by atoms with Crippen LogP contribution in [0.15, 0.2) is 95.5 Å². The van der Waals surface area contributed by atoms with Crippen LogP contribution in [0.2, 0.25) is 0 Å². The smallest absolute Gasteiger partial charge is 0.178 e. The molecule has 7 rings (SSSR count). The topological polar surface area (TPSA) is 36.9 Å². The fourth-order valence-corrected chi connectivity index (χ4v) is 6.99. The van der Waals surface area contributed by atoms with Crippen molar-refractivity contribution >= 4 is 32.8 Å². The first-order valence-electron chi connectivity index (χ1n) is 15.4. The van der Waals surface area contributed by atoms with Crippen LogP contribution >= 0.6 is 15.9 Å². The number of rotatable bonds is 9. The zero-order chi connectivity index (χ0) is 30.3. The van der Waals surface area contributed by atoms with E-state index in [0.29, 0.717) is 13.2 Å². The molecule has 1 aliphatic carbocycles. The van der Waals surface area contributed by atoms with Gasteiger partial charge in [-0.3, -0.25) is 0 Å². The summed E-state index contributed by atoms with van der Waals surface area (Å²) < 4.78 is 25.9. The quantitative estimate of drug-likeness (QED) is 0.157. The lowest BCUT2D eigenvalue weighted by atomic mass is 9.82. The molecule has 0 spiro atoms. The van der Waals surface area contributed by atoms with Crippen LogP contribution in [0.3, 0.4) is 0 Å². The van der Waals surface area contributed by atoms with Gasteiger partial charge in [0.25, 0.3) is 0 Å². The van der Waals surface area contributed by atoms with Crippen molar-refractivity contribution in [3.05, 3.63) is 123 Å². The van der Waals surface area contributed by atoms with Gasteiger partial charge >= 0.3 is 0 Å². The van der Waals surface area contributed by atoms with E-state index in [9.17, 15) is 0 Å². The van der Waals surface area contributed by atoms with Gasteiger partial charge in [0.05, 0.1) is 24.8 Å². The fourth-order valence-electron chi connectivity index (χ4n) is 6.48. The molecule has 5 heteroatoms. The van der Waals surface area contributed by atoms with Crippen molar-refractivity contribution in [2.45, 2.75) is 38.7 Å². The van der Waals surface area contributed by atoms with Crippen molar-refractivity contribution in [3.63, 3.8) is 0 Å². The zero-order valence-electron chi connectivity index (χ0n) is 25.3.